The number of hydrogen-bond donors (Lipinski definition) is 1. The quantitative estimate of drug-likeness (QED) is 0.923. The Morgan fingerprint density at radius 3 is 2.82 bits per heavy atom. The molecule has 1 aliphatic carbocycles. The normalized spacial score (nSPS) is 17.0. The maximum absolute atomic E-state index is 14.0. The Labute approximate surface area is 127 Å². The summed E-state index contributed by atoms with van der Waals surface area (Å²) in [7, 11) is 0. The van der Waals surface area contributed by atoms with Crippen molar-refractivity contribution in [3.05, 3.63) is 53.9 Å². The lowest BCUT2D eigenvalue weighted by Crippen LogP contribution is -2.40. The van der Waals surface area contributed by atoms with Crippen LogP contribution >= 0.6 is 0 Å². The second kappa shape index (κ2) is 5.51. The highest BCUT2D eigenvalue weighted by Gasteiger charge is 2.48. The van der Waals surface area contributed by atoms with Crippen molar-refractivity contribution in [2.45, 2.75) is 37.8 Å². The number of amides is 1. The molecule has 1 atom stereocenters. The van der Waals surface area contributed by atoms with Gasteiger partial charge in [0, 0.05) is 18.0 Å². The standard InChI is InChI=1S/C16H17F2N3O/c1-2-14(21-9-3-8-19-21)15(22)20-16(6-7-16)12-10-11(17)4-5-13(12)18/h3-5,8-10,14H,2,6-7H2,1H3,(H,20,22)/t14-/m0/s1. The maximum atomic E-state index is 14.0. The number of nitrogens with one attached hydrogen (secondary N) is 1. The highest BCUT2D eigenvalue weighted by Crippen LogP contribution is 2.47. The van der Waals surface area contributed by atoms with E-state index in [4.69, 9.17) is 0 Å². The molecule has 0 radical (unpaired) electrons. The van der Waals surface area contributed by atoms with E-state index in [1.54, 1.807) is 23.1 Å². The van der Waals surface area contributed by atoms with Crippen molar-refractivity contribution in [1.29, 1.82) is 0 Å². The lowest BCUT2D eigenvalue weighted by atomic mass is 10.0. The van der Waals surface area contributed by atoms with Crippen molar-refractivity contribution in [1.82, 2.24) is 15.1 Å². The van der Waals surface area contributed by atoms with Crippen molar-refractivity contribution in [2.24, 2.45) is 0 Å². The molecule has 1 N–H and O–H groups in total. The summed E-state index contributed by atoms with van der Waals surface area (Å²) in [5, 5.41) is 6.97. The van der Waals surface area contributed by atoms with Crippen LogP contribution in [0.15, 0.2) is 36.7 Å². The second-order valence-electron chi connectivity index (χ2n) is 5.61. The molecule has 3 rings (SSSR count). The molecule has 22 heavy (non-hydrogen) atoms. The van der Waals surface area contributed by atoms with Crippen LogP contribution in [0.3, 0.4) is 0 Å². The van der Waals surface area contributed by atoms with Crippen LogP contribution in [0.2, 0.25) is 0 Å². The maximum Gasteiger partial charge on any atom is 0.245 e. The Bertz CT molecular complexity index is 681. The van der Waals surface area contributed by atoms with Gasteiger partial charge in [-0.2, -0.15) is 5.10 Å². The summed E-state index contributed by atoms with van der Waals surface area (Å²) in [4.78, 5) is 12.5. The molecule has 6 heteroatoms. The van der Waals surface area contributed by atoms with E-state index in [-0.39, 0.29) is 11.5 Å². The minimum atomic E-state index is -0.788. The third kappa shape index (κ3) is 2.61. The third-order valence-electron chi connectivity index (χ3n) is 4.09. The fourth-order valence-electron chi connectivity index (χ4n) is 2.73. The molecule has 0 saturated heterocycles. The number of carbonyl (C=O) groups excluding carboxylic acids is 1. The van der Waals surface area contributed by atoms with Gasteiger partial charge in [-0.3, -0.25) is 9.48 Å². The number of aromatic nitrogens is 2. The van der Waals surface area contributed by atoms with Crippen molar-refractivity contribution in [3.8, 4) is 0 Å². The molecule has 4 nitrogen and oxygen atoms in total. The topological polar surface area (TPSA) is 46.9 Å². The van der Waals surface area contributed by atoms with Crippen LogP contribution in [-0.4, -0.2) is 15.7 Å². The van der Waals surface area contributed by atoms with Crippen LogP contribution in [-0.2, 0) is 10.3 Å². The monoisotopic (exact) mass is 305 g/mol. The molecule has 1 aliphatic rings. The molecule has 0 aliphatic heterocycles. The van der Waals surface area contributed by atoms with E-state index in [1.807, 2.05) is 6.92 Å². The van der Waals surface area contributed by atoms with Gasteiger partial charge in [0.15, 0.2) is 0 Å². The Morgan fingerprint density at radius 2 is 2.23 bits per heavy atom. The minimum Gasteiger partial charge on any atom is -0.345 e. The average molecular weight is 305 g/mol. The number of nitrogens with zero attached hydrogens (tertiary/aromatic N) is 2. The first kappa shape index (κ1) is 14.7. The van der Waals surface area contributed by atoms with Gasteiger partial charge in [-0.25, -0.2) is 8.78 Å². The van der Waals surface area contributed by atoms with Crippen LogP contribution in [0.4, 0.5) is 8.78 Å². The van der Waals surface area contributed by atoms with Gasteiger partial charge in [0.05, 0.1) is 5.54 Å². The summed E-state index contributed by atoms with van der Waals surface area (Å²) in [6, 6.07) is 4.63. The van der Waals surface area contributed by atoms with E-state index in [2.05, 4.69) is 10.4 Å². The number of halogens is 2. The Balaban J connectivity index is 1.82. The number of rotatable bonds is 5. The van der Waals surface area contributed by atoms with Gasteiger partial charge in [0.25, 0.3) is 0 Å². The SMILES string of the molecule is CC[C@@H](C(=O)NC1(c2cc(F)ccc2F)CC1)n1cccn1. The molecule has 116 valence electrons. The van der Waals surface area contributed by atoms with Crippen molar-refractivity contribution in [2.75, 3.05) is 0 Å². The zero-order chi connectivity index (χ0) is 15.7. The predicted octanol–water partition coefficient (Wildman–Crippen LogP) is 2.92. The van der Waals surface area contributed by atoms with E-state index >= 15 is 0 Å². The van der Waals surface area contributed by atoms with Crippen LogP contribution in [0.25, 0.3) is 0 Å². The van der Waals surface area contributed by atoms with E-state index < -0.39 is 23.2 Å². The largest absolute Gasteiger partial charge is 0.345 e. The molecule has 1 heterocycles. The van der Waals surface area contributed by atoms with Crippen molar-refractivity contribution >= 4 is 5.91 Å². The van der Waals surface area contributed by atoms with E-state index in [9.17, 15) is 13.6 Å². The first-order valence-electron chi connectivity index (χ1n) is 7.32. The predicted molar refractivity (Wildman–Crippen MR) is 77.0 cm³/mol. The summed E-state index contributed by atoms with van der Waals surface area (Å²) in [5.41, 5.74) is -0.569. The van der Waals surface area contributed by atoms with Gasteiger partial charge in [0.2, 0.25) is 5.91 Å². The first-order chi connectivity index (χ1) is 10.6. The molecule has 1 aromatic heterocycles. The van der Waals surface area contributed by atoms with Gasteiger partial charge in [-0.1, -0.05) is 6.92 Å². The smallest absolute Gasteiger partial charge is 0.245 e. The van der Waals surface area contributed by atoms with Crippen LogP contribution < -0.4 is 5.32 Å². The van der Waals surface area contributed by atoms with Gasteiger partial charge < -0.3 is 5.32 Å². The number of carbonyl (C=O) groups is 1. The highest BCUT2D eigenvalue weighted by molar-refractivity contribution is 5.81. The van der Waals surface area contributed by atoms with Crippen LogP contribution in [0, 0.1) is 11.6 Å². The molecule has 0 unspecified atom stereocenters. The summed E-state index contributed by atoms with van der Waals surface area (Å²) < 4.78 is 29.0. The summed E-state index contributed by atoms with van der Waals surface area (Å²) in [5.74, 6) is -1.23. The minimum absolute atomic E-state index is 0.219. The third-order valence-corrected chi connectivity index (χ3v) is 4.09. The zero-order valence-corrected chi connectivity index (χ0v) is 12.2. The van der Waals surface area contributed by atoms with Gasteiger partial charge >= 0.3 is 0 Å². The molecular formula is C16H17F2N3O. The fraction of sp³-hybridized carbons (Fsp3) is 0.375. The molecule has 0 bridgehead atoms. The molecule has 1 amide bonds. The molecule has 1 fully saturated rings. The number of hydrogen-bond acceptors (Lipinski definition) is 2. The first-order valence-corrected chi connectivity index (χ1v) is 7.32. The van der Waals surface area contributed by atoms with Crippen LogP contribution in [0.5, 0.6) is 0 Å². The van der Waals surface area contributed by atoms with E-state index in [1.165, 1.54) is 0 Å². The highest BCUT2D eigenvalue weighted by atomic mass is 19.1. The lowest BCUT2D eigenvalue weighted by Gasteiger charge is -2.22. The van der Waals surface area contributed by atoms with E-state index in [0.29, 0.717) is 19.3 Å². The van der Waals surface area contributed by atoms with Crippen LogP contribution in [0.1, 0.15) is 37.8 Å². The van der Waals surface area contributed by atoms with E-state index in [0.717, 1.165) is 18.2 Å². The Hall–Kier alpha value is -2.24. The fourth-order valence-corrected chi connectivity index (χ4v) is 2.73. The summed E-state index contributed by atoms with van der Waals surface area (Å²) in [6.45, 7) is 1.88. The molecule has 0 spiro atoms. The molecule has 1 saturated carbocycles. The van der Waals surface area contributed by atoms with Gasteiger partial charge in [0.1, 0.15) is 17.7 Å². The average Bonchev–Trinajstić information content (AvgIpc) is 3.06. The molecule has 1 aromatic carbocycles. The molecule has 2 aromatic rings. The zero-order valence-electron chi connectivity index (χ0n) is 12.2. The Morgan fingerprint density at radius 1 is 1.45 bits per heavy atom. The number of benzene rings is 1. The lowest BCUT2D eigenvalue weighted by molar-refractivity contribution is -0.125. The van der Waals surface area contributed by atoms with Crippen molar-refractivity contribution < 1.29 is 13.6 Å². The summed E-state index contributed by atoms with van der Waals surface area (Å²) in [6.07, 6.45) is 5.10. The van der Waals surface area contributed by atoms with Crippen molar-refractivity contribution in [3.63, 3.8) is 0 Å². The molecular weight excluding hydrogens is 288 g/mol. The second-order valence-corrected chi connectivity index (χ2v) is 5.61. The summed E-state index contributed by atoms with van der Waals surface area (Å²) >= 11 is 0. The van der Waals surface area contributed by atoms with Gasteiger partial charge in [-0.15, -0.1) is 0 Å². The Kier molecular flexibility index (Phi) is 3.68. The van der Waals surface area contributed by atoms with Gasteiger partial charge in [-0.05, 0) is 43.5 Å².